The molecular weight excluding hydrogens is 164 g/mol. The van der Waals surface area contributed by atoms with E-state index in [2.05, 4.69) is 10.6 Å². The zero-order valence-electron chi connectivity index (χ0n) is 6.23. The van der Waals surface area contributed by atoms with Crippen molar-refractivity contribution in [3.63, 3.8) is 0 Å². The van der Waals surface area contributed by atoms with E-state index >= 15 is 0 Å². The fourth-order valence-corrected chi connectivity index (χ4v) is 0.915. The summed E-state index contributed by atoms with van der Waals surface area (Å²) >= 11 is 9.85. The average molecular weight is 176 g/mol. The van der Waals surface area contributed by atoms with Crippen LogP contribution in [0.2, 0.25) is 0 Å². The van der Waals surface area contributed by atoms with Crippen molar-refractivity contribution in [1.82, 2.24) is 10.6 Å². The maximum Gasteiger partial charge on any atom is 0.134 e. The topological polar surface area (TPSA) is 24.1 Å². The van der Waals surface area contributed by atoms with Gasteiger partial charge in [-0.1, -0.05) is 24.4 Å². The molecule has 0 aromatic rings. The highest BCUT2D eigenvalue weighted by Crippen LogP contribution is 1.76. The van der Waals surface area contributed by atoms with Gasteiger partial charge in [-0.3, -0.25) is 0 Å². The Kier molecular flexibility index (Phi) is 5.43. The van der Waals surface area contributed by atoms with E-state index in [1.807, 2.05) is 13.8 Å². The van der Waals surface area contributed by atoms with Gasteiger partial charge in [-0.25, -0.2) is 0 Å². The summed E-state index contributed by atoms with van der Waals surface area (Å²) in [4.78, 5) is 1.28. The Bertz CT molecular complexity index is 118. The van der Waals surface area contributed by atoms with Gasteiger partial charge in [0.1, 0.15) is 9.98 Å². The summed E-state index contributed by atoms with van der Waals surface area (Å²) in [5, 5.41) is 5.92. The van der Waals surface area contributed by atoms with E-state index in [0.29, 0.717) is 9.98 Å². The largest absolute Gasteiger partial charge is 0.374 e. The predicted octanol–water partition coefficient (Wildman–Crippen LogP) is 0.860. The number of thiocarbonyl (C=S) groups is 2. The Morgan fingerprint density at radius 3 is 1.50 bits per heavy atom. The minimum absolute atomic E-state index is 0.638. The maximum atomic E-state index is 4.93. The molecule has 0 aromatic carbocycles. The van der Waals surface area contributed by atoms with E-state index in [-0.39, 0.29) is 0 Å². The molecule has 0 aromatic heterocycles. The highest BCUT2D eigenvalue weighted by atomic mass is 32.1. The van der Waals surface area contributed by atoms with Crippen molar-refractivity contribution >= 4 is 34.4 Å². The first kappa shape index (κ1) is 9.78. The molecule has 0 fully saturated rings. The zero-order chi connectivity index (χ0) is 7.98. The second-order valence-electron chi connectivity index (χ2n) is 1.72. The summed E-state index contributed by atoms with van der Waals surface area (Å²) in [6.45, 7) is 5.62. The first-order chi connectivity index (χ1) is 4.72. The van der Waals surface area contributed by atoms with Crippen LogP contribution in [0.5, 0.6) is 0 Å². The maximum absolute atomic E-state index is 4.93. The quantitative estimate of drug-likeness (QED) is 0.609. The van der Waals surface area contributed by atoms with Crippen molar-refractivity contribution in [2.45, 2.75) is 13.8 Å². The molecule has 0 saturated heterocycles. The first-order valence-corrected chi connectivity index (χ1v) is 4.10. The molecule has 4 heteroatoms. The van der Waals surface area contributed by atoms with Gasteiger partial charge in [0, 0.05) is 13.1 Å². The predicted molar refractivity (Wildman–Crippen MR) is 52.5 cm³/mol. The molecule has 0 unspecified atom stereocenters. The third-order valence-corrected chi connectivity index (χ3v) is 1.71. The lowest BCUT2D eigenvalue weighted by molar-refractivity contribution is 0.962. The Morgan fingerprint density at radius 1 is 1.00 bits per heavy atom. The molecule has 0 radical (unpaired) electrons. The van der Waals surface area contributed by atoms with Crippen LogP contribution in [-0.4, -0.2) is 23.1 Å². The molecule has 0 spiro atoms. The molecule has 2 nitrogen and oxygen atoms in total. The van der Waals surface area contributed by atoms with Crippen LogP contribution in [0.15, 0.2) is 0 Å². The molecule has 10 heavy (non-hydrogen) atoms. The second-order valence-corrected chi connectivity index (χ2v) is 2.54. The summed E-state index contributed by atoms with van der Waals surface area (Å²) < 4.78 is 0. The van der Waals surface area contributed by atoms with Crippen molar-refractivity contribution in [2.75, 3.05) is 13.1 Å². The average Bonchev–Trinajstić information content (AvgIpc) is 1.89. The van der Waals surface area contributed by atoms with Gasteiger partial charge in [0.2, 0.25) is 0 Å². The molecule has 2 N–H and O–H groups in total. The van der Waals surface area contributed by atoms with Gasteiger partial charge in [-0.2, -0.15) is 0 Å². The lowest BCUT2D eigenvalue weighted by atomic mass is 10.5. The Hall–Kier alpha value is -0.220. The van der Waals surface area contributed by atoms with E-state index in [0.717, 1.165) is 13.1 Å². The van der Waals surface area contributed by atoms with Crippen LogP contribution < -0.4 is 10.6 Å². The lowest BCUT2D eigenvalue weighted by Gasteiger charge is -2.06. The highest BCUT2D eigenvalue weighted by molar-refractivity contribution is 7.89. The second kappa shape index (κ2) is 5.56. The Labute approximate surface area is 72.4 Å². The van der Waals surface area contributed by atoms with E-state index in [4.69, 9.17) is 24.4 Å². The minimum Gasteiger partial charge on any atom is -0.374 e. The highest BCUT2D eigenvalue weighted by Gasteiger charge is 1.98. The molecule has 0 saturated carbocycles. The van der Waals surface area contributed by atoms with Crippen LogP contribution in [-0.2, 0) is 0 Å². The zero-order valence-corrected chi connectivity index (χ0v) is 7.86. The SMILES string of the molecule is CCNC(=S)C(=S)NCC. The normalized spacial score (nSPS) is 8.60. The lowest BCUT2D eigenvalue weighted by Crippen LogP contribution is -2.36. The van der Waals surface area contributed by atoms with Crippen LogP contribution in [0.25, 0.3) is 0 Å². The van der Waals surface area contributed by atoms with Crippen molar-refractivity contribution < 1.29 is 0 Å². The van der Waals surface area contributed by atoms with Crippen molar-refractivity contribution in [1.29, 1.82) is 0 Å². The molecular formula is C6H12N2S2. The van der Waals surface area contributed by atoms with Crippen LogP contribution in [0.4, 0.5) is 0 Å². The Balaban J connectivity index is 3.60. The van der Waals surface area contributed by atoms with Crippen LogP contribution in [0.1, 0.15) is 13.8 Å². The van der Waals surface area contributed by atoms with Crippen molar-refractivity contribution in [2.24, 2.45) is 0 Å². The molecule has 0 aliphatic rings. The number of hydrogen-bond acceptors (Lipinski definition) is 2. The van der Waals surface area contributed by atoms with Crippen molar-refractivity contribution in [3.8, 4) is 0 Å². The summed E-state index contributed by atoms with van der Waals surface area (Å²) in [6.07, 6.45) is 0. The fraction of sp³-hybridized carbons (Fsp3) is 0.667. The van der Waals surface area contributed by atoms with E-state index < -0.39 is 0 Å². The van der Waals surface area contributed by atoms with Gasteiger partial charge in [0.05, 0.1) is 0 Å². The van der Waals surface area contributed by atoms with E-state index in [1.54, 1.807) is 0 Å². The molecule has 0 aliphatic heterocycles. The van der Waals surface area contributed by atoms with Gasteiger partial charge in [0.15, 0.2) is 0 Å². The number of likely N-dealkylation sites (N-methyl/N-ethyl adjacent to an activating group) is 2. The molecule has 0 atom stereocenters. The molecule has 58 valence electrons. The number of rotatable bonds is 2. The van der Waals surface area contributed by atoms with Crippen molar-refractivity contribution in [3.05, 3.63) is 0 Å². The Morgan fingerprint density at radius 2 is 1.30 bits per heavy atom. The smallest absolute Gasteiger partial charge is 0.134 e. The molecule has 0 amide bonds. The molecule has 0 heterocycles. The standard InChI is InChI=1S/C6H12N2S2/c1-3-7-5(9)6(10)8-4-2/h3-4H2,1-2H3,(H,7,9)(H,8,10). The molecule has 0 bridgehead atoms. The summed E-state index contributed by atoms with van der Waals surface area (Å²) in [6, 6.07) is 0. The van der Waals surface area contributed by atoms with E-state index in [1.165, 1.54) is 0 Å². The van der Waals surface area contributed by atoms with Crippen LogP contribution >= 0.6 is 24.4 Å². The third-order valence-electron chi connectivity index (χ3n) is 0.881. The summed E-state index contributed by atoms with van der Waals surface area (Å²) in [5.74, 6) is 0. The summed E-state index contributed by atoms with van der Waals surface area (Å²) in [7, 11) is 0. The monoisotopic (exact) mass is 176 g/mol. The van der Waals surface area contributed by atoms with Crippen LogP contribution in [0.3, 0.4) is 0 Å². The summed E-state index contributed by atoms with van der Waals surface area (Å²) in [5.41, 5.74) is 0. The first-order valence-electron chi connectivity index (χ1n) is 3.28. The molecule has 0 rings (SSSR count). The van der Waals surface area contributed by atoms with Gasteiger partial charge in [-0.05, 0) is 13.8 Å². The van der Waals surface area contributed by atoms with Crippen LogP contribution in [0, 0.1) is 0 Å². The third kappa shape index (κ3) is 3.74. The van der Waals surface area contributed by atoms with Gasteiger partial charge < -0.3 is 10.6 Å². The van der Waals surface area contributed by atoms with Gasteiger partial charge >= 0.3 is 0 Å². The number of hydrogen-bond donors (Lipinski definition) is 2. The number of nitrogens with one attached hydrogen (secondary N) is 2. The van der Waals surface area contributed by atoms with E-state index in [9.17, 15) is 0 Å². The molecule has 0 aliphatic carbocycles. The van der Waals surface area contributed by atoms with Gasteiger partial charge in [-0.15, -0.1) is 0 Å². The minimum atomic E-state index is 0.638. The fourth-order valence-electron chi connectivity index (χ4n) is 0.482. The van der Waals surface area contributed by atoms with Gasteiger partial charge in [0.25, 0.3) is 0 Å².